The van der Waals surface area contributed by atoms with Crippen LogP contribution >= 0.6 is 0 Å². The van der Waals surface area contributed by atoms with Gasteiger partial charge in [-0.15, -0.1) is 0 Å². The number of hydrogen-bond acceptors (Lipinski definition) is 4. The van der Waals surface area contributed by atoms with Gasteiger partial charge in [-0.1, -0.05) is 30.3 Å². The van der Waals surface area contributed by atoms with Crippen LogP contribution < -0.4 is 0 Å². The molecule has 3 rings (SSSR count). The first-order chi connectivity index (χ1) is 11.3. The Labute approximate surface area is 137 Å². The van der Waals surface area contributed by atoms with Crippen molar-refractivity contribution in [2.24, 2.45) is 0 Å². The molecular formula is C18H26N2O3. The Morgan fingerprint density at radius 3 is 2.39 bits per heavy atom. The van der Waals surface area contributed by atoms with Crippen LogP contribution in [0.1, 0.15) is 31.2 Å². The third-order valence-corrected chi connectivity index (χ3v) is 4.77. The van der Waals surface area contributed by atoms with Crippen molar-refractivity contribution in [1.82, 2.24) is 9.80 Å². The fraction of sp³-hybridized carbons (Fsp3) is 0.611. The predicted octanol–water partition coefficient (Wildman–Crippen LogP) is 2.24. The van der Waals surface area contributed by atoms with Crippen molar-refractivity contribution in [2.45, 2.75) is 44.4 Å². The zero-order valence-corrected chi connectivity index (χ0v) is 13.6. The molecule has 0 unspecified atom stereocenters. The molecule has 0 atom stereocenters. The summed E-state index contributed by atoms with van der Waals surface area (Å²) in [6.07, 6.45) is 4.22. The van der Waals surface area contributed by atoms with Gasteiger partial charge in [0.15, 0.2) is 0 Å². The second-order valence-corrected chi connectivity index (χ2v) is 6.45. The van der Waals surface area contributed by atoms with Gasteiger partial charge in [0.05, 0.1) is 6.61 Å². The van der Waals surface area contributed by atoms with Gasteiger partial charge in [0.25, 0.3) is 0 Å². The molecule has 126 valence electrons. The zero-order valence-electron chi connectivity index (χ0n) is 13.6. The highest BCUT2D eigenvalue weighted by molar-refractivity contribution is 5.67. The summed E-state index contributed by atoms with van der Waals surface area (Å²) in [6.45, 7) is 2.79. The quantitative estimate of drug-likeness (QED) is 0.874. The number of amides is 1. The normalized spacial score (nSPS) is 19.1. The van der Waals surface area contributed by atoms with Gasteiger partial charge < -0.3 is 14.7 Å². The van der Waals surface area contributed by atoms with Gasteiger partial charge in [-0.05, 0) is 31.2 Å². The highest BCUT2D eigenvalue weighted by Gasteiger charge is 2.35. The third-order valence-electron chi connectivity index (χ3n) is 4.77. The van der Waals surface area contributed by atoms with Gasteiger partial charge in [-0.3, -0.25) is 4.90 Å². The highest BCUT2D eigenvalue weighted by atomic mass is 16.6. The summed E-state index contributed by atoms with van der Waals surface area (Å²) in [6, 6.07) is 10.9. The maximum absolute atomic E-state index is 12.2. The Balaban J connectivity index is 1.43. The number of ether oxygens (including phenoxy) is 1. The average Bonchev–Trinajstić information content (AvgIpc) is 3.43. The summed E-state index contributed by atoms with van der Waals surface area (Å²) < 4.78 is 5.40. The lowest BCUT2D eigenvalue weighted by Gasteiger charge is -2.38. The van der Waals surface area contributed by atoms with Crippen molar-refractivity contribution in [3.63, 3.8) is 0 Å². The summed E-state index contributed by atoms with van der Waals surface area (Å²) >= 11 is 0. The number of piperidine rings is 1. The monoisotopic (exact) mass is 318 g/mol. The van der Waals surface area contributed by atoms with Crippen LogP contribution in [0, 0.1) is 0 Å². The average molecular weight is 318 g/mol. The minimum atomic E-state index is -0.215. The fourth-order valence-corrected chi connectivity index (χ4v) is 3.38. The predicted molar refractivity (Wildman–Crippen MR) is 88.0 cm³/mol. The van der Waals surface area contributed by atoms with Crippen molar-refractivity contribution in [3.8, 4) is 0 Å². The van der Waals surface area contributed by atoms with E-state index in [0.717, 1.165) is 38.0 Å². The first-order valence-electron chi connectivity index (χ1n) is 8.60. The van der Waals surface area contributed by atoms with E-state index in [-0.39, 0.29) is 12.7 Å². The zero-order chi connectivity index (χ0) is 16.1. The second kappa shape index (κ2) is 7.79. The molecule has 5 nitrogen and oxygen atoms in total. The van der Waals surface area contributed by atoms with E-state index in [1.165, 1.54) is 12.8 Å². The molecule has 1 aromatic rings. The molecule has 0 radical (unpaired) electrons. The third kappa shape index (κ3) is 4.45. The molecule has 1 saturated carbocycles. The van der Waals surface area contributed by atoms with Crippen LogP contribution in [0.25, 0.3) is 0 Å². The van der Waals surface area contributed by atoms with E-state index >= 15 is 0 Å². The lowest BCUT2D eigenvalue weighted by Crippen LogP contribution is -2.48. The lowest BCUT2D eigenvalue weighted by atomic mass is 10.0. The maximum Gasteiger partial charge on any atom is 0.410 e. The molecule has 23 heavy (non-hydrogen) atoms. The van der Waals surface area contributed by atoms with Crippen molar-refractivity contribution in [1.29, 1.82) is 0 Å². The van der Waals surface area contributed by atoms with Crippen molar-refractivity contribution in [2.75, 3.05) is 26.2 Å². The van der Waals surface area contributed by atoms with E-state index in [0.29, 0.717) is 18.7 Å². The van der Waals surface area contributed by atoms with Gasteiger partial charge in [0.2, 0.25) is 0 Å². The van der Waals surface area contributed by atoms with E-state index in [4.69, 9.17) is 4.74 Å². The van der Waals surface area contributed by atoms with Crippen LogP contribution in [0.3, 0.4) is 0 Å². The number of nitrogens with zero attached hydrogens (tertiary/aromatic N) is 2. The SMILES string of the molecule is O=C(OCc1ccccc1)N1CCC(N(CCO)C2CC2)CC1. The molecule has 1 heterocycles. The highest BCUT2D eigenvalue weighted by Crippen LogP contribution is 2.31. The Bertz CT molecular complexity index is 496. The molecule has 1 amide bonds. The molecule has 1 aliphatic carbocycles. The maximum atomic E-state index is 12.2. The molecule has 0 spiro atoms. The second-order valence-electron chi connectivity index (χ2n) is 6.45. The van der Waals surface area contributed by atoms with Crippen molar-refractivity contribution >= 4 is 6.09 Å². The molecule has 1 aromatic carbocycles. The van der Waals surface area contributed by atoms with Crippen molar-refractivity contribution in [3.05, 3.63) is 35.9 Å². The Hall–Kier alpha value is -1.59. The van der Waals surface area contributed by atoms with Gasteiger partial charge in [0, 0.05) is 31.7 Å². The number of aliphatic hydroxyl groups is 1. The molecule has 5 heteroatoms. The minimum absolute atomic E-state index is 0.215. The number of aliphatic hydroxyl groups excluding tert-OH is 1. The Morgan fingerprint density at radius 1 is 1.13 bits per heavy atom. The van der Waals surface area contributed by atoms with Crippen molar-refractivity contribution < 1.29 is 14.6 Å². The first kappa shape index (κ1) is 16.3. The fourth-order valence-electron chi connectivity index (χ4n) is 3.38. The molecule has 2 aliphatic rings. The van der Waals surface area contributed by atoms with Crippen LogP contribution in [0.15, 0.2) is 30.3 Å². The molecule has 1 saturated heterocycles. The molecular weight excluding hydrogens is 292 g/mol. The van der Waals surface area contributed by atoms with E-state index < -0.39 is 0 Å². The number of hydrogen-bond donors (Lipinski definition) is 1. The largest absolute Gasteiger partial charge is 0.445 e. The molecule has 1 N–H and O–H groups in total. The van der Waals surface area contributed by atoms with Crippen LogP contribution in [-0.2, 0) is 11.3 Å². The molecule has 0 aromatic heterocycles. The summed E-state index contributed by atoms with van der Waals surface area (Å²) in [7, 11) is 0. The van der Waals surface area contributed by atoms with E-state index in [9.17, 15) is 9.90 Å². The summed E-state index contributed by atoms with van der Waals surface area (Å²) in [5, 5.41) is 9.24. The van der Waals surface area contributed by atoms with Gasteiger partial charge in [-0.2, -0.15) is 0 Å². The molecule has 2 fully saturated rings. The lowest BCUT2D eigenvalue weighted by molar-refractivity contribution is 0.0600. The summed E-state index contributed by atoms with van der Waals surface area (Å²) in [5.74, 6) is 0. The van der Waals surface area contributed by atoms with E-state index in [2.05, 4.69) is 4.90 Å². The standard InChI is InChI=1S/C18H26N2O3/c21-13-12-20(16-6-7-16)17-8-10-19(11-9-17)18(22)23-14-15-4-2-1-3-5-15/h1-5,16-17,21H,6-14H2. The smallest absolute Gasteiger partial charge is 0.410 e. The number of carbonyl (C=O) groups excluding carboxylic acids is 1. The summed E-state index contributed by atoms with van der Waals surface area (Å²) in [5.41, 5.74) is 1.01. The van der Waals surface area contributed by atoms with Gasteiger partial charge in [-0.25, -0.2) is 4.79 Å². The topological polar surface area (TPSA) is 53.0 Å². The van der Waals surface area contributed by atoms with Crippen LogP contribution in [0.2, 0.25) is 0 Å². The Morgan fingerprint density at radius 2 is 1.78 bits per heavy atom. The van der Waals surface area contributed by atoms with Crippen LogP contribution in [-0.4, -0.2) is 59.3 Å². The summed E-state index contributed by atoms with van der Waals surface area (Å²) in [4.78, 5) is 16.4. The Kier molecular flexibility index (Phi) is 5.51. The number of carbonyl (C=O) groups is 1. The van der Waals surface area contributed by atoms with Crippen LogP contribution in [0.4, 0.5) is 4.79 Å². The van der Waals surface area contributed by atoms with E-state index in [1.807, 2.05) is 35.2 Å². The molecule has 0 bridgehead atoms. The number of likely N-dealkylation sites (tertiary alicyclic amines) is 1. The van der Waals surface area contributed by atoms with Gasteiger partial charge >= 0.3 is 6.09 Å². The minimum Gasteiger partial charge on any atom is -0.445 e. The van der Waals surface area contributed by atoms with E-state index in [1.54, 1.807) is 0 Å². The number of rotatable bonds is 6. The van der Waals surface area contributed by atoms with Crippen LogP contribution in [0.5, 0.6) is 0 Å². The first-order valence-corrected chi connectivity index (χ1v) is 8.60. The number of benzene rings is 1. The van der Waals surface area contributed by atoms with Gasteiger partial charge in [0.1, 0.15) is 6.61 Å². The molecule has 1 aliphatic heterocycles.